The quantitative estimate of drug-likeness (QED) is 0.546. The van der Waals surface area contributed by atoms with Crippen molar-refractivity contribution in [1.29, 1.82) is 0 Å². The summed E-state index contributed by atoms with van der Waals surface area (Å²) in [5.74, 6) is 0. The zero-order valence-corrected chi connectivity index (χ0v) is 9.69. The maximum Gasteiger partial charge on any atom is 2.00 e. The molecule has 4 heteroatoms. The molecule has 0 aromatic carbocycles. The molecule has 0 aliphatic rings. The molecule has 0 atom stereocenters. The Morgan fingerprint density at radius 2 is 1.25 bits per heavy atom. The molecular weight excluding hydrogens is 301 g/mol. The van der Waals surface area contributed by atoms with Gasteiger partial charge in [0.05, 0.1) is 0 Å². The first-order valence-electron chi connectivity index (χ1n) is 0. The van der Waals surface area contributed by atoms with Crippen LogP contribution in [-0.2, 0) is 59.8 Å². The molecule has 0 aromatic rings. The van der Waals surface area contributed by atoms with E-state index in [-0.39, 0.29) is 108 Å². The van der Waals surface area contributed by atoms with Gasteiger partial charge in [0.15, 0.2) is 0 Å². The van der Waals surface area contributed by atoms with Gasteiger partial charge in [-0.2, -0.15) is 0 Å². The molecule has 0 heterocycles. The summed E-state index contributed by atoms with van der Waals surface area (Å²) >= 11 is 0. The van der Waals surface area contributed by atoms with Crippen LogP contribution in [-0.4, -0.2) is 45.5 Å². The fourth-order valence-electron chi connectivity index (χ4n) is 0. The minimum atomic E-state index is 0. The van der Waals surface area contributed by atoms with Gasteiger partial charge < -0.3 is 2.85 Å². The predicted octanol–water partition coefficient (Wildman–Crippen LogP) is -0.163. The van der Waals surface area contributed by atoms with Crippen LogP contribution in [0.1, 0.15) is 2.85 Å². The van der Waals surface area contributed by atoms with Crippen LogP contribution < -0.4 is 0 Å². The van der Waals surface area contributed by atoms with Crippen LogP contribution in [0, 0.1) is 0 Å². The molecule has 0 fully saturated rings. The molecule has 4 heavy (non-hydrogen) atoms. The molecule has 0 saturated carbocycles. The van der Waals surface area contributed by atoms with Gasteiger partial charge in [0.2, 0.25) is 0 Å². The van der Waals surface area contributed by atoms with E-state index in [0.29, 0.717) is 0 Å². The van der Waals surface area contributed by atoms with E-state index in [4.69, 9.17) is 0 Å². The van der Waals surface area contributed by atoms with Gasteiger partial charge in [0.25, 0.3) is 0 Å². The van der Waals surface area contributed by atoms with Crippen molar-refractivity contribution in [3.05, 3.63) is 0 Å². The van der Waals surface area contributed by atoms with Crippen molar-refractivity contribution in [2.45, 2.75) is 0 Å². The normalized spacial score (nSPS) is 0. The summed E-state index contributed by atoms with van der Waals surface area (Å²) in [7, 11) is 0. The molecule has 0 N–H and O–H groups in total. The van der Waals surface area contributed by atoms with Gasteiger partial charge in [0, 0.05) is 59.8 Å². The zero-order valence-electron chi connectivity index (χ0n) is 3.82. The van der Waals surface area contributed by atoms with E-state index >= 15 is 0 Å². The molecule has 0 aliphatic heterocycles. The van der Waals surface area contributed by atoms with Crippen molar-refractivity contribution in [2.75, 3.05) is 0 Å². The van der Waals surface area contributed by atoms with Gasteiger partial charge in [-0.15, -0.1) is 0 Å². The summed E-state index contributed by atoms with van der Waals surface area (Å²) in [6.07, 6.45) is 0. The maximum absolute atomic E-state index is 0. The van der Waals surface area contributed by atoms with Crippen molar-refractivity contribution in [1.82, 2.24) is 0 Å². The maximum atomic E-state index is 0. The summed E-state index contributed by atoms with van der Waals surface area (Å²) in [6, 6.07) is 0. The van der Waals surface area contributed by atoms with Crippen LogP contribution in [0.25, 0.3) is 0 Å². The van der Waals surface area contributed by atoms with E-state index in [1.165, 1.54) is 0 Å². The predicted molar refractivity (Wildman–Crippen MR) is 7.98 cm³/mol. The summed E-state index contributed by atoms with van der Waals surface area (Å²) in [5.41, 5.74) is 0. The first-order valence-corrected chi connectivity index (χ1v) is 0. The molecule has 0 saturated heterocycles. The average molecular weight is 303 g/mol. The van der Waals surface area contributed by atoms with Crippen molar-refractivity contribution in [3.8, 4) is 0 Å². The van der Waals surface area contributed by atoms with Gasteiger partial charge in [-0.25, -0.2) is 0 Å². The Hall–Kier alpha value is 3.38. The van der Waals surface area contributed by atoms with E-state index in [9.17, 15) is 0 Å². The Morgan fingerprint density at radius 1 is 1.25 bits per heavy atom. The Balaban J connectivity index is 0. The Labute approximate surface area is 106 Å². The minimum Gasteiger partial charge on any atom is -1.00 e. The first-order chi connectivity index (χ1) is 0. The minimum absolute atomic E-state index is 0. The van der Waals surface area contributed by atoms with Crippen LogP contribution >= 0.6 is 0 Å². The molecule has 1 radical (unpaired) electrons. The zero-order chi connectivity index (χ0) is 0. The third-order valence-corrected chi connectivity index (χ3v) is 0. The average Bonchev–Trinajstić information content (AvgIpc) is 0. The van der Waals surface area contributed by atoms with E-state index in [1.54, 1.807) is 0 Å². The van der Waals surface area contributed by atoms with Crippen molar-refractivity contribution in [3.63, 3.8) is 0 Å². The van der Waals surface area contributed by atoms with Crippen molar-refractivity contribution in [2.24, 2.45) is 0 Å². The van der Waals surface area contributed by atoms with Crippen LogP contribution in [0.3, 0.4) is 0 Å². The largest absolute Gasteiger partial charge is 2.00 e. The fourth-order valence-corrected chi connectivity index (χ4v) is 0. The summed E-state index contributed by atoms with van der Waals surface area (Å²) in [5, 5.41) is 0. The third-order valence-electron chi connectivity index (χ3n) is 0. The molecule has 0 nitrogen and oxygen atoms in total. The number of rotatable bonds is 0. The molecule has 0 unspecified atom stereocenters. The second-order valence-corrected chi connectivity index (χ2v) is 0. The Kier molecular flexibility index (Phi) is 106. The van der Waals surface area contributed by atoms with Gasteiger partial charge >= 0.3 is 45.5 Å². The SMILES string of the molecule is [Cu].[H-].[H-].[Ni].[Sr+2].[Zr]. The second-order valence-electron chi connectivity index (χ2n) is 0. The van der Waals surface area contributed by atoms with Gasteiger partial charge in [-0.1, -0.05) is 0 Å². The standard InChI is InChI=1S/Cu.Ni.Sr.Zr.2H/q;;+2;;2*-1. The first kappa shape index (κ1) is 26.3. The van der Waals surface area contributed by atoms with Gasteiger partial charge in [-0.3, -0.25) is 0 Å². The van der Waals surface area contributed by atoms with E-state index in [1.807, 2.05) is 0 Å². The van der Waals surface area contributed by atoms with E-state index < -0.39 is 0 Å². The number of hydrogen-bond donors (Lipinski definition) is 0. The monoisotopic (exact) mass is 301 g/mol. The van der Waals surface area contributed by atoms with E-state index in [2.05, 4.69) is 0 Å². The summed E-state index contributed by atoms with van der Waals surface area (Å²) in [4.78, 5) is 0. The van der Waals surface area contributed by atoms with Gasteiger partial charge in [0.1, 0.15) is 0 Å². The van der Waals surface area contributed by atoms with Crippen LogP contribution in [0.5, 0.6) is 0 Å². The molecule has 0 aliphatic carbocycles. The van der Waals surface area contributed by atoms with Crippen LogP contribution in [0.2, 0.25) is 0 Å². The third kappa shape index (κ3) is 9.03. The topological polar surface area (TPSA) is 0 Å². The van der Waals surface area contributed by atoms with Crippen LogP contribution in [0.4, 0.5) is 0 Å². The van der Waals surface area contributed by atoms with E-state index in [0.717, 1.165) is 0 Å². The van der Waals surface area contributed by atoms with Crippen molar-refractivity contribution >= 4 is 45.5 Å². The Morgan fingerprint density at radius 3 is 1.25 bits per heavy atom. The molecule has 29 valence electrons. The smallest absolute Gasteiger partial charge is 1.00 e. The second kappa shape index (κ2) is 16.2. The molecule has 0 bridgehead atoms. The molecule has 0 amide bonds. The molecule has 0 spiro atoms. The van der Waals surface area contributed by atoms with Gasteiger partial charge in [-0.05, 0) is 0 Å². The summed E-state index contributed by atoms with van der Waals surface area (Å²) < 4.78 is 0. The molecular formula is H2CuNiSrZr. The Bertz CT molecular complexity index is 13.5. The van der Waals surface area contributed by atoms with Crippen molar-refractivity contribution < 1.29 is 62.6 Å². The number of hydrogen-bond acceptors (Lipinski definition) is 0. The fraction of sp³-hybridized carbons (Fsp3) is 0. The molecule has 0 rings (SSSR count). The van der Waals surface area contributed by atoms with Crippen LogP contribution in [0.15, 0.2) is 0 Å². The molecule has 0 aromatic heterocycles. The summed E-state index contributed by atoms with van der Waals surface area (Å²) in [6.45, 7) is 0.